The number of aryl methyl sites for hydroxylation is 2. The number of fused-ring (bicyclic) bond motifs is 35. The minimum Gasteiger partial charge on any atom is -0.420 e. The molecule has 0 saturated heterocycles. The highest BCUT2D eigenvalue weighted by atomic mass is 32.1. The second-order valence-corrected chi connectivity index (χ2v) is 26.7. The van der Waals surface area contributed by atoms with Crippen LogP contribution in [0.25, 0.3) is 167 Å². The summed E-state index contributed by atoms with van der Waals surface area (Å²) < 4.78 is 73.7. The van der Waals surface area contributed by atoms with Crippen LogP contribution in [0.4, 0.5) is 0 Å². The first kappa shape index (κ1) is 54.1. The lowest BCUT2D eigenvalue weighted by Crippen LogP contribution is -2.32. The zero-order valence-electron chi connectivity index (χ0n) is 57.3. The first-order chi connectivity index (χ1) is 52.1. The number of hydrogen-bond acceptors (Lipinski definition) is 16. The topological polar surface area (TPSA) is 233 Å². The minimum absolute atomic E-state index is 0.549. The van der Waals surface area contributed by atoms with Gasteiger partial charge in [-0.2, -0.15) is 4.57 Å². The molecule has 25 heteroatoms. The molecule has 0 aliphatic carbocycles. The van der Waals surface area contributed by atoms with Crippen LogP contribution in [0.3, 0.4) is 0 Å². The average molecular weight is 1370 g/mol. The zero-order chi connectivity index (χ0) is 70.2. The van der Waals surface area contributed by atoms with Gasteiger partial charge in [-0.1, -0.05) is 29.5 Å². The number of rotatable bonds is 1. The highest BCUT2D eigenvalue weighted by Crippen LogP contribution is 2.42. The van der Waals surface area contributed by atoms with Gasteiger partial charge in [-0.25, -0.2) is 14.0 Å². The molecule has 25 heterocycles. The van der Waals surface area contributed by atoms with Gasteiger partial charge < -0.3 is 26.7 Å². The van der Waals surface area contributed by atoms with Gasteiger partial charge in [0.1, 0.15) is 38.7 Å². The van der Waals surface area contributed by atoms with E-state index in [0.29, 0.717) is 23.7 Å². The molecule has 0 saturated carbocycles. The fraction of sp³-hybridized carbons (Fsp3) is 0.0897. The van der Waals surface area contributed by atoms with Crippen molar-refractivity contribution in [3.8, 4) is 62.9 Å². The predicted molar refractivity (Wildman–Crippen MR) is 379 cm³/mol. The number of oxazole rings is 4. The van der Waals surface area contributed by atoms with Crippen LogP contribution in [0.5, 0.6) is 0 Å². The highest BCUT2D eigenvalue weighted by Gasteiger charge is 2.42. The molecule has 0 radical (unpaired) electrons. The Morgan fingerprint density at radius 2 is 0.903 bits per heavy atom. The molecule has 490 valence electrons. The van der Waals surface area contributed by atoms with Crippen molar-refractivity contribution in [3.05, 3.63) is 249 Å². The largest absolute Gasteiger partial charge is 0.420 e. The molecule has 103 heavy (non-hydrogen) atoms. The molecule has 0 fully saturated rings. The lowest BCUT2D eigenvalue weighted by atomic mass is 10.2. The summed E-state index contributed by atoms with van der Waals surface area (Å²) in [5.74, 6) is 4.70. The van der Waals surface area contributed by atoms with Crippen LogP contribution in [0.15, 0.2) is 243 Å². The second kappa shape index (κ2) is 21.8. The predicted octanol–water partition coefficient (Wildman–Crippen LogP) is 12.1. The van der Waals surface area contributed by atoms with Gasteiger partial charge in [-0.15, -0.1) is 13.7 Å². The van der Waals surface area contributed by atoms with Crippen molar-refractivity contribution >= 4 is 115 Å². The monoisotopic (exact) mass is 1370 g/mol. The van der Waals surface area contributed by atoms with E-state index in [1.165, 1.54) is 36.9 Å². The molecule has 0 atom stereocenters. The van der Waals surface area contributed by atoms with Crippen LogP contribution in [0.2, 0.25) is 0 Å². The number of aromatic nitrogens is 19. The van der Waals surface area contributed by atoms with Crippen molar-refractivity contribution in [3.63, 3.8) is 0 Å². The molecule has 26 rings (SSSR count). The van der Waals surface area contributed by atoms with Crippen LogP contribution in [-0.4, -0.2) is 67.9 Å². The van der Waals surface area contributed by atoms with Gasteiger partial charge in [0.25, 0.3) is 38.5 Å². The molecule has 24 nitrogen and oxygen atoms in total. The van der Waals surface area contributed by atoms with Crippen molar-refractivity contribution in [2.75, 3.05) is 0 Å². The first-order valence-corrected chi connectivity index (χ1v) is 34.0. The summed E-state index contributed by atoms with van der Waals surface area (Å²) in [4.78, 5) is 43.1. The van der Waals surface area contributed by atoms with Crippen molar-refractivity contribution in [2.24, 2.45) is 14.0 Å². The molecule has 1 aromatic carbocycles. The van der Waals surface area contributed by atoms with Gasteiger partial charge in [0.05, 0.1) is 50.4 Å². The summed E-state index contributed by atoms with van der Waals surface area (Å²) >= 11 is 1.67. The van der Waals surface area contributed by atoms with E-state index in [0.717, 1.165) is 171 Å². The highest BCUT2D eigenvalue weighted by molar-refractivity contribution is 7.25. The number of para-hydroxylation sites is 1. The molecule has 5 aliphatic rings. The van der Waals surface area contributed by atoms with Gasteiger partial charge >= 0.3 is 34.9 Å². The molecule has 0 unspecified atom stereocenters. The van der Waals surface area contributed by atoms with Crippen LogP contribution >= 0.6 is 11.3 Å². The summed E-state index contributed by atoms with van der Waals surface area (Å²) in [5, 5.41) is 4.37. The molecule has 20 aromatic heterocycles. The van der Waals surface area contributed by atoms with E-state index in [1.807, 2.05) is 176 Å². The van der Waals surface area contributed by atoms with E-state index in [-0.39, 0.29) is 0 Å². The fourth-order valence-electron chi connectivity index (χ4n) is 15.6. The van der Waals surface area contributed by atoms with E-state index in [2.05, 4.69) is 102 Å². The third-order valence-corrected chi connectivity index (χ3v) is 21.2. The maximum Gasteiger partial charge on any atom is 0.386 e. The van der Waals surface area contributed by atoms with Crippen LogP contribution in [0.1, 0.15) is 31.9 Å². The van der Waals surface area contributed by atoms with Crippen LogP contribution < -0.4 is 22.8 Å². The van der Waals surface area contributed by atoms with E-state index in [9.17, 15) is 0 Å². The Morgan fingerprint density at radius 1 is 0.408 bits per heavy atom. The number of thiophene rings is 1. The quantitative estimate of drug-likeness (QED) is 0.139. The molecule has 0 amide bonds. The first-order valence-electron chi connectivity index (χ1n) is 34.7. The van der Waals surface area contributed by atoms with Crippen molar-refractivity contribution in [1.82, 2.24) is 67.9 Å². The minimum atomic E-state index is -2.27. The normalized spacial score (nSPS) is 13.5. The molecular formula is C78H52N19O5S+5. The molecule has 0 N–H and O–H groups in total. The Morgan fingerprint density at radius 3 is 1.56 bits per heavy atom. The third kappa shape index (κ3) is 8.35. The molecule has 21 aromatic rings. The van der Waals surface area contributed by atoms with Gasteiger partial charge in [0, 0.05) is 175 Å². The zero-order valence-corrected chi connectivity index (χ0v) is 55.1. The summed E-state index contributed by atoms with van der Waals surface area (Å²) in [7, 11) is 2.02. The Labute approximate surface area is 587 Å². The SMILES string of the molecule is Cn1c2ccncc2c2c1oc1[n+]2Cc2ccncc2-1.[2H]C([2H])([2H])n1c2[n+](c3c1cc1ccncn13)Cc1ccncc1-2.c1cc2c(cn1)-c1oc3oc4ccncc4c3[n+]1C2.c1cc2c(cn1)-c1oc3sc4ccncc4c3[n+]1C2.c1ccc(-n2c3ccncc3c3c2oc2[n+]3Cc3ccncc3-2)cc1. The summed E-state index contributed by atoms with van der Waals surface area (Å²) in [6, 6.07) is 32.1. The van der Waals surface area contributed by atoms with Crippen molar-refractivity contribution < 1.29 is 49.0 Å². The average Bonchev–Trinajstić information content (AvgIpc) is 1.52. The van der Waals surface area contributed by atoms with Gasteiger partial charge in [0.15, 0.2) is 38.0 Å². The van der Waals surface area contributed by atoms with Gasteiger partial charge in [-0.3, -0.25) is 54.0 Å². The maximum atomic E-state index is 7.99. The Hall–Kier alpha value is -13.8. The standard InChI is InChI=1S/C20H13N4O.C15H12N5.C15H11N4O.C14H8N3O2.C14H8N3OS/c1-2-4-14(5-3-1)24-17-7-9-22-11-16(17)18-20(24)25-19-15-10-21-8-6-13(15)12-23(18)19;1-18-13-6-11-3-5-17-9-20(11)15(13)19-8-10-2-4-16-7-12(10)14(18)19;1-18-12-3-5-17-7-11(12)13-15(18)20-14-10-6-16-4-2-9(10)8-19(13)14;1-3-15-5-9-8(1)7-17-12-10-6-16-4-2-11(10)18-14(12)19-13(9)17;1-3-15-5-9-8(1)7-17-12-10-6-16-4-2-11(10)19-14(12)18-13(9)17/h1-11H,12H2;2-7,9H,8H2,1H3;2-7H,8H2,1H3;2*1-6H,7H2/q5*+1/i;1D3;;;. The smallest absolute Gasteiger partial charge is 0.386 e. The molecule has 5 aliphatic heterocycles. The third-order valence-electron chi connectivity index (χ3n) is 20.2. The van der Waals surface area contributed by atoms with Crippen LogP contribution in [-0.2, 0) is 46.7 Å². The Bertz CT molecular complexity index is 7100. The van der Waals surface area contributed by atoms with Gasteiger partial charge in [-0.05, 0) is 66.7 Å². The number of imidazole rings is 1. The number of furan rings is 1. The number of benzene rings is 1. The lowest BCUT2D eigenvalue weighted by Gasteiger charge is -2.03. The number of nitrogens with zero attached hydrogens (tertiary/aromatic N) is 19. The lowest BCUT2D eigenvalue weighted by molar-refractivity contribution is -0.648. The van der Waals surface area contributed by atoms with Gasteiger partial charge in [0.2, 0.25) is 5.82 Å². The van der Waals surface area contributed by atoms with Crippen LogP contribution in [0, 0.1) is 0 Å². The number of pyridine rings is 9. The van der Waals surface area contributed by atoms with E-state index >= 15 is 0 Å². The van der Waals surface area contributed by atoms with Crippen molar-refractivity contribution in [1.29, 1.82) is 0 Å². The summed E-state index contributed by atoms with van der Waals surface area (Å²) in [6.07, 6.45) is 36.4. The maximum absolute atomic E-state index is 7.99. The Kier molecular flexibility index (Phi) is 11.5. The van der Waals surface area contributed by atoms with E-state index < -0.39 is 6.98 Å². The number of hydrogen-bond donors (Lipinski definition) is 0. The summed E-state index contributed by atoms with van der Waals surface area (Å²) in [6.45, 7) is 1.62. The molecular weight excluding hydrogens is 1320 g/mol. The molecule has 0 spiro atoms. The van der Waals surface area contributed by atoms with E-state index in [1.54, 1.807) is 48.6 Å². The fourth-order valence-corrected chi connectivity index (χ4v) is 16.6. The van der Waals surface area contributed by atoms with Crippen molar-refractivity contribution in [2.45, 2.75) is 32.7 Å². The summed E-state index contributed by atoms with van der Waals surface area (Å²) in [5.41, 5.74) is 23.8. The molecule has 0 bridgehead atoms. The second-order valence-electron chi connectivity index (χ2n) is 25.7. The Balaban J connectivity index is 0.0000000830. The van der Waals surface area contributed by atoms with E-state index in [4.69, 9.17) is 26.2 Å².